The first kappa shape index (κ1) is 24.5. The lowest BCUT2D eigenvalue weighted by molar-refractivity contribution is -0.140. The van der Waals surface area contributed by atoms with Gasteiger partial charge >= 0.3 is 12.0 Å². The number of esters is 1. The van der Waals surface area contributed by atoms with Crippen molar-refractivity contribution >= 4 is 23.6 Å². The standard InChI is InChI=1S/C25H29N5O4/c1-15(18-5-9-20(10-6-18)28-25(26)33)27-24(32)19-7-11-21(12-8-19)30-17(3)22(16(2)29-30)13-14-23(31)34-4/h5-12,15H,13-14H2,1-4H3,(H,27,32)(H3,26,28,33). The summed E-state index contributed by atoms with van der Waals surface area (Å²) in [5.41, 5.74) is 10.8. The van der Waals surface area contributed by atoms with Crippen molar-refractivity contribution in [1.29, 1.82) is 0 Å². The van der Waals surface area contributed by atoms with Gasteiger partial charge < -0.3 is 21.1 Å². The van der Waals surface area contributed by atoms with Crippen LogP contribution >= 0.6 is 0 Å². The Morgan fingerprint density at radius 2 is 1.71 bits per heavy atom. The monoisotopic (exact) mass is 463 g/mol. The zero-order valence-corrected chi connectivity index (χ0v) is 19.7. The lowest BCUT2D eigenvalue weighted by atomic mass is 10.1. The fourth-order valence-corrected chi connectivity index (χ4v) is 3.73. The van der Waals surface area contributed by atoms with Crippen LogP contribution in [0.15, 0.2) is 48.5 Å². The molecule has 1 aromatic heterocycles. The number of aromatic nitrogens is 2. The highest BCUT2D eigenvalue weighted by atomic mass is 16.5. The molecule has 1 heterocycles. The van der Waals surface area contributed by atoms with Gasteiger partial charge in [-0.25, -0.2) is 9.48 Å². The molecule has 0 spiro atoms. The highest BCUT2D eigenvalue weighted by Crippen LogP contribution is 2.21. The fraction of sp³-hybridized carbons (Fsp3) is 0.280. The van der Waals surface area contributed by atoms with Gasteiger partial charge in [0.2, 0.25) is 0 Å². The molecule has 0 aliphatic rings. The molecular weight excluding hydrogens is 434 g/mol. The summed E-state index contributed by atoms with van der Waals surface area (Å²) in [4.78, 5) is 35.2. The Labute approximate surface area is 198 Å². The minimum absolute atomic E-state index is 0.203. The van der Waals surface area contributed by atoms with Crippen LogP contribution in [-0.2, 0) is 16.0 Å². The first-order valence-electron chi connectivity index (χ1n) is 10.9. The number of aryl methyl sites for hydroxylation is 1. The van der Waals surface area contributed by atoms with Gasteiger partial charge in [-0.1, -0.05) is 12.1 Å². The molecule has 3 amide bonds. The quantitative estimate of drug-likeness (QED) is 0.440. The molecule has 0 bridgehead atoms. The predicted octanol–water partition coefficient (Wildman–Crippen LogP) is 3.58. The van der Waals surface area contributed by atoms with E-state index >= 15 is 0 Å². The van der Waals surface area contributed by atoms with Gasteiger partial charge in [0, 0.05) is 23.4 Å². The molecule has 0 fully saturated rings. The maximum absolute atomic E-state index is 12.7. The third kappa shape index (κ3) is 5.80. The van der Waals surface area contributed by atoms with Crippen molar-refractivity contribution in [2.24, 2.45) is 5.73 Å². The highest BCUT2D eigenvalue weighted by Gasteiger charge is 2.16. The second-order valence-corrected chi connectivity index (χ2v) is 7.99. The van der Waals surface area contributed by atoms with E-state index in [9.17, 15) is 14.4 Å². The topological polar surface area (TPSA) is 128 Å². The summed E-state index contributed by atoms with van der Waals surface area (Å²) in [5, 5.41) is 10.1. The van der Waals surface area contributed by atoms with E-state index < -0.39 is 6.03 Å². The fourth-order valence-electron chi connectivity index (χ4n) is 3.73. The van der Waals surface area contributed by atoms with Gasteiger partial charge in [0.25, 0.3) is 5.91 Å². The summed E-state index contributed by atoms with van der Waals surface area (Å²) in [6.07, 6.45) is 0.855. The molecule has 0 saturated carbocycles. The number of urea groups is 1. The molecule has 9 nitrogen and oxygen atoms in total. The summed E-state index contributed by atoms with van der Waals surface area (Å²) < 4.78 is 6.54. The van der Waals surface area contributed by atoms with Crippen molar-refractivity contribution in [1.82, 2.24) is 15.1 Å². The molecule has 178 valence electrons. The number of ether oxygens (including phenoxy) is 1. The molecule has 2 aromatic carbocycles. The van der Waals surface area contributed by atoms with Gasteiger partial charge in [0.1, 0.15) is 0 Å². The average Bonchev–Trinajstić information content (AvgIpc) is 3.10. The smallest absolute Gasteiger partial charge is 0.316 e. The lowest BCUT2D eigenvalue weighted by Crippen LogP contribution is -2.26. The van der Waals surface area contributed by atoms with Crippen molar-refractivity contribution in [3.63, 3.8) is 0 Å². The summed E-state index contributed by atoms with van der Waals surface area (Å²) in [5.74, 6) is -0.458. The molecule has 9 heteroatoms. The number of amides is 3. The van der Waals surface area contributed by atoms with Gasteiger partial charge in [-0.15, -0.1) is 0 Å². The van der Waals surface area contributed by atoms with Crippen molar-refractivity contribution < 1.29 is 19.1 Å². The van der Waals surface area contributed by atoms with Gasteiger partial charge in [0.15, 0.2) is 0 Å². The number of carbonyl (C=O) groups excluding carboxylic acids is 3. The molecule has 0 aliphatic carbocycles. The Balaban J connectivity index is 1.68. The van der Waals surface area contributed by atoms with Crippen molar-refractivity contribution in [3.05, 3.63) is 76.6 Å². The van der Waals surface area contributed by atoms with E-state index in [-0.39, 0.29) is 17.9 Å². The molecule has 0 saturated heterocycles. The van der Waals surface area contributed by atoms with Crippen molar-refractivity contribution in [3.8, 4) is 5.69 Å². The van der Waals surface area contributed by atoms with Crippen LogP contribution in [0.2, 0.25) is 0 Å². The molecule has 1 unspecified atom stereocenters. The second-order valence-electron chi connectivity index (χ2n) is 7.99. The average molecular weight is 464 g/mol. The number of primary amides is 1. The Morgan fingerprint density at radius 1 is 1.06 bits per heavy atom. The predicted molar refractivity (Wildman–Crippen MR) is 129 cm³/mol. The minimum Gasteiger partial charge on any atom is -0.469 e. The van der Waals surface area contributed by atoms with Gasteiger partial charge in [-0.2, -0.15) is 5.10 Å². The number of hydrogen-bond acceptors (Lipinski definition) is 5. The Morgan fingerprint density at radius 3 is 2.29 bits per heavy atom. The largest absolute Gasteiger partial charge is 0.469 e. The van der Waals surface area contributed by atoms with Gasteiger partial charge in [-0.3, -0.25) is 9.59 Å². The van der Waals surface area contributed by atoms with E-state index in [1.54, 1.807) is 24.3 Å². The Bertz CT molecular complexity index is 1180. The summed E-state index contributed by atoms with van der Waals surface area (Å²) >= 11 is 0. The number of carbonyl (C=O) groups is 3. The molecule has 3 rings (SSSR count). The third-order valence-electron chi connectivity index (χ3n) is 5.65. The number of rotatable bonds is 8. The van der Waals surface area contributed by atoms with Crippen LogP contribution in [0.3, 0.4) is 0 Å². The van der Waals surface area contributed by atoms with Crippen LogP contribution in [0.25, 0.3) is 5.69 Å². The minimum atomic E-state index is -0.629. The van der Waals surface area contributed by atoms with Crippen LogP contribution in [-0.4, -0.2) is 34.8 Å². The first-order valence-corrected chi connectivity index (χ1v) is 10.9. The Hall–Kier alpha value is -4.14. The zero-order chi connectivity index (χ0) is 24.8. The van der Waals surface area contributed by atoms with Gasteiger partial charge in [0.05, 0.1) is 24.5 Å². The molecule has 34 heavy (non-hydrogen) atoms. The van der Waals surface area contributed by atoms with Crippen molar-refractivity contribution in [2.45, 2.75) is 39.7 Å². The van der Waals surface area contributed by atoms with Crippen LogP contribution in [0.1, 0.15) is 52.3 Å². The third-order valence-corrected chi connectivity index (χ3v) is 5.65. The number of benzene rings is 2. The van der Waals surface area contributed by atoms with Crippen LogP contribution in [0.5, 0.6) is 0 Å². The molecular formula is C25H29N5O4. The SMILES string of the molecule is COC(=O)CCc1c(C)nn(-c2ccc(C(=O)NC(C)c3ccc(NC(N)=O)cc3)cc2)c1C. The normalized spacial score (nSPS) is 11.5. The maximum Gasteiger partial charge on any atom is 0.316 e. The van der Waals surface area contributed by atoms with E-state index in [1.807, 2.05) is 49.7 Å². The maximum atomic E-state index is 12.7. The number of methoxy groups -OCH3 is 1. The molecule has 4 N–H and O–H groups in total. The molecule has 1 atom stereocenters. The highest BCUT2D eigenvalue weighted by molar-refractivity contribution is 5.94. The van der Waals surface area contributed by atoms with Crippen LogP contribution in [0, 0.1) is 13.8 Å². The molecule has 3 aromatic rings. The number of hydrogen-bond donors (Lipinski definition) is 3. The van der Waals surface area contributed by atoms with Gasteiger partial charge in [-0.05, 0) is 74.7 Å². The number of nitrogens with zero attached hydrogens (tertiary/aromatic N) is 2. The van der Waals surface area contributed by atoms with E-state index in [2.05, 4.69) is 15.7 Å². The number of nitrogens with one attached hydrogen (secondary N) is 2. The van der Waals surface area contributed by atoms with E-state index in [0.29, 0.717) is 24.1 Å². The summed E-state index contributed by atoms with van der Waals surface area (Å²) in [6, 6.07) is 13.4. The molecule has 0 aliphatic heterocycles. The van der Waals surface area contributed by atoms with E-state index in [0.717, 1.165) is 28.2 Å². The number of nitrogens with two attached hydrogens (primary N) is 1. The summed E-state index contributed by atoms with van der Waals surface area (Å²) in [6.45, 7) is 5.75. The summed E-state index contributed by atoms with van der Waals surface area (Å²) in [7, 11) is 1.38. The lowest BCUT2D eigenvalue weighted by Gasteiger charge is -2.15. The van der Waals surface area contributed by atoms with Crippen molar-refractivity contribution in [2.75, 3.05) is 12.4 Å². The number of anilines is 1. The van der Waals surface area contributed by atoms with E-state index in [1.165, 1.54) is 7.11 Å². The first-order chi connectivity index (χ1) is 16.2. The molecule has 0 radical (unpaired) electrons. The zero-order valence-electron chi connectivity index (χ0n) is 19.7. The Kier molecular flexibility index (Phi) is 7.68. The second kappa shape index (κ2) is 10.7. The van der Waals surface area contributed by atoms with Crippen LogP contribution < -0.4 is 16.4 Å². The van der Waals surface area contributed by atoms with E-state index in [4.69, 9.17) is 10.5 Å². The van der Waals surface area contributed by atoms with Crippen LogP contribution in [0.4, 0.5) is 10.5 Å².